The van der Waals surface area contributed by atoms with E-state index in [-0.39, 0.29) is 5.91 Å². The summed E-state index contributed by atoms with van der Waals surface area (Å²) in [6.45, 7) is 6.23. The third kappa shape index (κ3) is 4.73. The van der Waals surface area contributed by atoms with Gasteiger partial charge in [0, 0.05) is 31.4 Å². The van der Waals surface area contributed by atoms with E-state index in [9.17, 15) is 4.79 Å². The van der Waals surface area contributed by atoms with Crippen molar-refractivity contribution < 1.29 is 4.79 Å². The van der Waals surface area contributed by atoms with Crippen molar-refractivity contribution in [2.45, 2.75) is 26.2 Å². The Kier molecular flexibility index (Phi) is 6.25. The molecule has 1 saturated heterocycles. The Hall–Kier alpha value is -1.55. The Morgan fingerprint density at radius 1 is 1.27 bits per heavy atom. The van der Waals surface area contributed by atoms with Crippen LogP contribution in [0.2, 0.25) is 0 Å². The molecule has 1 amide bonds. The molecule has 1 aromatic rings. The Balaban J connectivity index is 1.75. The van der Waals surface area contributed by atoms with Crippen LogP contribution in [0.1, 0.15) is 36.5 Å². The van der Waals surface area contributed by atoms with Gasteiger partial charge in [-0.25, -0.2) is 0 Å². The number of nitrogens with zero attached hydrogens (tertiary/aromatic N) is 2. The van der Waals surface area contributed by atoms with Crippen molar-refractivity contribution >= 4 is 11.6 Å². The lowest BCUT2D eigenvalue weighted by Crippen LogP contribution is -2.32. The van der Waals surface area contributed by atoms with E-state index >= 15 is 0 Å². The fourth-order valence-corrected chi connectivity index (χ4v) is 2.89. The molecule has 4 nitrogen and oxygen atoms in total. The number of carbonyl (C=O) groups excluding carboxylic acids is 1. The van der Waals surface area contributed by atoms with E-state index in [1.165, 1.54) is 25.9 Å². The number of benzene rings is 1. The number of carbonyl (C=O) groups is 1. The highest BCUT2D eigenvalue weighted by Gasteiger charge is 2.16. The minimum Gasteiger partial charge on any atom is -0.375 e. The number of likely N-dealkylation sites (tertiary alicyclic amines) is 1. The van der Waals surface area contributed by atoms with Gasteiger partial charge in [0.05, 0.1) is 0 Å². The molecular weight excluding hydrogens is 274 g/mol. The zero-order chi connectivity index (χ0) is 15.9. The van der Waals surface area contributed by atoms with Gasteiger partial charge < -0.3 is 15.1 Å². The van der Waals surface area contributed by atoms with Gasteiger partial charge in [0.1, 0.15) is 0 Å². The summed E-state index contributed by atoms with van der Waals surface area (Å²) in [6, 6.07) is 7.84. The van der Waals surface area contributed by atoms with Crippen LogP contribution in [0.3, 0.4) is 0 Å². The second-order valence-corrected chi connectivity index (χ2v) is 6.35. The lowest BCUT2D eigenvalue weighted by molar-refractivity contribution is 0.0949. The molecule has 1 fully saturated rings. The average molecular weight is 303 g/mol. The lowest BCUT2D eigenvalue weighted by Gasteiger charge is -2.28. The van der Waals surface area contributed by atoms with Crippen molar-refractivity contribution in [3.63, 3.8) is 0 Å². The molecule has 1 aliphatic heterocycles. The molecule has 0 saturated carbocycles. The maximum Gasteiger partial charge on any atom is 0.251 e. The molecular formula is C18H29N3O. The molecule has 0 radical (unpaired) electrons. The minimum atomic E-state index is 0.0404. The quantitative estimate of drug-likeness (QED) is 0.877. The van der Waals surface area contributed by atoms with Crippen molar-refractivity contribution in [1.29, 1.82) is 0 Å². The Labute approximate surface area is 134 Å². The summed E-state index contributed by atoms with van der Waals surface area (Å²) in [6.07, 6.45) is 3.60. The van der Waals surface area contributed by atoms with Crippen molar-refractivity contribution in [2.24, 2.45) is 5.92 Å². The third-order valence-corrected chi connectivity index (χ3v) is 4.72. The number of hydrogen-bond acceptors (Lipinski definition) is 3. The predicted octanol–water partition coefficient (Wildman–Crippen LogP) is 2.60. The van der Waals surface area contributed by atoms with Gasteiger partial charge >= 0.3 is 0 Å². The van der Waals surface area contributed by atoms with E-state index < -0.39 is 0 Å². The maximum atomic E-state index is 12.2. The zero-order valence-corrected chi connectivity index (χ0v) is 14.1. The van der Waals surface area contributed by atoms with Crippen LogP contribution in [0.25, 0.3) is 0 Å². The Morgan fingerprint density at radius 3 is 2.50 bits per heavy atom. The number of hydrogen-bond donors (Lipinski definition) is 1. The van der Waals surface area contributed by atoms with Crippen molar-refractivity contribution in [2.75, 3.05) is 45.2 Å². The predicted molar refractivity (Wildman–Crippen MR) is 92.6 cm³/mol. The largest absolute Gasteiger partial charge is 0.375 e. The topological polar surface area (TPSA) is 35.6 Å². The maximum absolute atomic E-state index is 12.2. The van der Waals surface area contributed by atoms with E-state index in [1.54, 1.807) is 0 Å². The first-order chi connectivity index (χ1) is 10.6. The van der Waals surface area contributed by atoms with E-state index in [0.717, 1.165) is 36.7 Å². The van der Waals surface area contributed by atoms with Crippen LogP contribution >= 0.6 is 0 Å². The Bertz CT molecular complexity index is 464. The Morgan fingerprint density at radius 2 is 1.91 bits per heavy atom. The van der Waals surface area contributed by atoms with Crippen LogP contribution < -0.4 is 10.2 Å². The minimum absolute atomic E-state index is 0.0404. The molecule has 122 valence electrons. The van der Waals surface area contributed by atoms with E-state index in [2.05, 4.69) is 36.1 Å². The molecule has 1 N–H and O–H groups in total. The molecule has 0 spiro atoms. The summed E-state index contributed by atoms with van der Waals surface area (Å²) in [5.74, 6) is 0.802. The summed E-state index contributed by atoms with van der Waals surface area (Å²) < 4.78 is 0. The van der Waals surface area contributed by atoms with Gasteiger partial charge in [-0.3, -0.25) is 4.79 Å². The molecule has 0 unspecified atom stereocenters. The molecule has 0 bridgehead atoms. The number of nitrogens with one attached hydrogen (secondary N) is 1. The van der Waals surface area contributed by atoms with Crippen molar-refractivity contribution in [3.8, 4) is 0 Å². The fraction of sp³-hybridized carbons (Fsp3) is 0.611. The second-order valence-electron chi connectivity index (χ2n) is 6.35. The van der Waals surface area contributed by atoms with Crippen molar-refractivity contribution in [3.05, 3.63) is 29.8 Å². The van der Waals surface area contributed by atoms with Gasteiger partial charge in [-0.05, 0) is 76.5 Å². The second kappa shape index (κ2) is 8.18. The van der Waals surface area contributed by atoms with Gasteiger partial charge in [-0.2, -0.15) is 0 Å². The third-order valence-electron chi connectivity index (χ3n) is 4.72. The van der Waals surface area contributed by atoms with E-state index in [4.69, 9.17) is 0 Å². The van der Waals surface area contributed by atoms with Crippen LogP contribution in [0.5, 0.6) is 0 Å². The van der Waals surface area contributed by atoms with Gasteiger partial charge in [0.25, 0.3) is 5.91 Å². The first kappa shape index (κ1) is 16.8. The molecule has 1 heterocycles. The van der Waals surface area contributed by atoms with Crippen LogP contribution in [0.15, 0.2) is 24.3 Å². The number of anilines is 1. The van der Waals surface area contributed by atoms with Gasteiger partial charge in [0.15, 0.2) is 0 Å². The first-order valence-electron chi connectivity index (χ1n) is 8.38. The molecule has 1 aromatic carbocycles. The van der Waals surface area contributed by atoms with Gasteiger partial charge in [-0.15, -0.1) is 0 Å². The lowest BCUT2D eigenvalue weighted by atomic mass is 9.94. The fourth-order valence-electron chi connectivity index (χ4n) is 2.89. The molecule has 22 heavy (non-hydrogen) atoms. The van der Waals surface area contributed by atoms with Crippen LogP contribution in [-0.4, -0.2) is 51.1 Å². The summed E-state index contributed by atoms with van der Waals surface area (Å²) in [5.41, 5.74) is 1.89. The van der Waals surface area contributed by atoms with Crippen LogP contribution in [0, 0.1) is 5.92 Å². The number of piperidine rings is 1. The van der Waals surface area contributed by atoms with Crippen molar-refractivity contribution in [1.82, 2.24) is 10.2 Å². The summed E-state index contributed by atoms with van der Waals surface area (Å²) in [5, 5.41) is 3.05. The SMILES string of the molecule is CCN(C)c1ccc(C(=O)NCCC2CCN(C)CC2)cc1. The summed E-state index contributed by atoms with van der Waals surface area (Å²) >= 11 is 0. The smallest absolute Gasteiger partial charge is 0.251 e. The molecule has 1 aliphatic rings. The van der Waals surface area contributed by atoms with Gasteiger partial charge in [-0.1, -0.05) is 0 Å². The highest BCUT2D eigenvalue weighted by Crippen LogP contribution is 2.19. The van der Waals surface area contributed by atoms with Gasteiger partial charge in [0.2, 0.25) is 0 Å². The highest BCUT2D eigenvalue weighted by molar-refractivity contribution is 5.94. The average Bonchev–Trinajstić information content (AvgIpc) is 2.56. The molecule has 0 atom stereocenters. The number of rotatable bonds is 6. The van der Waals surface area contributed by atoms with E-state index in [0.29, 0.717) is 0 Å². The molecule has 2 rings (SSSR count). The zero-order valence-electron chi connectivity index (χ0n) is 14.1. The standard InChI is InChI=1S/C18H29N3O/c1-4-21(3)17-7-5-16(6-8-17)18(22)19-12-9-15-10-13-20(2)14-11-15/h5-8,15H,4,9-14H2,1-3H3,(H,19,22). The van der Waals surface area contributed by atoms with E-state index in [1.807, 2.05) is 24.3 Å². The highest BCUT2D eigenvalue weighted by atomic mass is 16.1. The normalized spacial score (nSPS) is 16.5. The molecule has 0 aliphatic carbocycles. The molecule has 0 aromatic heterocycles. The summed E-state index contributed by atoms with van der Waals surface area (Å²) in [7, 11) is 4.23. The molecule has 4 heteroatoms. The summed E-state index contributed by atoms with van der Waals surface area (Å²) in [4.78, 5) is 16.7. The monoisotopic (exact) mass is 303 g/mol. The van der Waals surface area contributed by atoms with Crippen LogP contribution in [0.4, 0.5) is 5.69 Å². The first-order valence-corrected chi connectivity index (χ1v) is 8.38. The van der Waals surface area contributed by atoms with Crippen LogP contribution in [-0.2, 0) is 0 Å². The number of amides is 1.